The molecular formula is C22H29N5O4. The van der Waals surface area contributed by atoms with Crippen molar-refractivity contribution in [2.45, 2.75) is 33.4 Å². The second-order valence-corrected chi connectivity index (χ2v) is 7.98. The Kier molecular flexibility index (Phi) is 6.96. The zero-order valence-electron chi connectivity index (χ0n) is 18.1. The number of nitrogen functional groups attached to an aromatic ring is 1. The lowest BCUT2D eigenvalue weighted by atomic mass is 10.1. The van der Waals surface area contributed by atoms with Gasteiger partial charge in [0.05, 0.1) is 0 Å². The number of aromatic amines is 2. The fourth-order valence-electron chi connectivity index (χ4n) is 3.61. The van der Waals surface area contributed by atoms with Crippen LogP contribution in [0.15, 0.2) is 44.7 Å². The van der Waals surface area contributed by atoms with Gasteiger partial charge in [0.2, 0.25) is 0 Å². The zero-order valence-corrected chi connectivity index (χ0v) is 18.1. The Labute approximate surface area is 179 Å². The number of H-pyrrole nitrogens is 2. The molecule has 0 atom stereocenters. The van der Waals surface area contributed by atoms with Crippen molar-refractivity contribution in [3.8, 4) is 0 Å². The van der Waals surface area contributed by atoms with Gasteiger partial charge in [-0.25, -0.2) is 4.79 Å². The van der Waals surface area contributed by atoms with Gasteiger partial charge in [0.15, 0.2) is 0 Å². The minimum atomic E-state index is -0.572. The lowest BCUT2D eigenvalue weighted by Crippen LogP contribution is -2.40. The Hall–Kier alpha value is -3.33. The fraction of sp³-hybridized carbons (Fsp3) is 0.409. The van der Waals surface area contributed by atoms with E-state index in [4.69, 9.17) is 10.5 Å². The van der Waals surface area contributed by atoms with Crippen molar-refractivity contribution in [1.29, 1.82) is 0 Å². The normalized spacial score (nSPS) is 11.4. The van der Waals surface area contributed by atoms with Crippen LogP contribution in [0, 0.1) is 5.92 Å². The molecule has 3 rings (SSSR count). The molecule has 4 N–H and O–H groups in total. The lowest BCUT2D eigenvalue weighted by molar-refractivity contribution is 0.196. The molecule has 0 radical (unpaired) electrons. The van der Waals surface area contributed by atoms with Gasteiger partial charge in [-0.05, 0) is 29.9 Å². The molecule has 0 unspecified atom stereocenters. The maximum Gasteiger partial charge on any atom is 0.330 e. The Bertz CT molecular complexity index is 1230. The second-order valence-electron chi connectivity index (χ2n) is 7.98. The molecule has 0 amide bonds. The van der Waals surface area contributed by atoms with E-state index in [1.54, 1.807) is 12.0 Å². The molecule has 0 saturated heterocycles. The van der Waals surface area contributed by atoms with Gasteiger partial charge in [0.1, 0.15) is 11.5 Å². The largest absolute Gasteiger partial charge is 0.385 e. The lowest BCUT2D eigenvalue weighted by Gasteiger charge is -2.26. The number of ether oxygens (including phenoxy) is 1. The molecular weight excluding hydrogens is 398 g/mol. The summed E-state index contributed by atoms with van der Waals surface area (Å²) in [6.45, 7) is 5.36. The van der Waals surface area contributed by atoms with E-state index in [1.165, 1.54) is 4.57 Å². The molecule has 9 heteroatoms. The van der Waals surface area contributed by atoms with E-state index in [-0.39, 0.29) is 29.5 Å². The van der Waals surface area contributed by atoms with Crippen LogP contribution in [0.2, 0.25) is 0 Å². The number of nitrogens with two attached hydrogens (primary N) is 1. The monoisotopic (exact) mass is 427 g/mol. The third-order valence-electron chi connectivity index (χ3n) is 5.05. The highest BCUT2D eigenvalue weighted by molar-refractivity contribution is 5.78. The first-order chi connectivity index (χ1) is 14.8. The van der Waals surface area contributed by atoms with Crippen molar-refractivity contribution in [1.82, 2.24) is 14.5 Å². The second kappa shape index (κ2) is 9.65. The summed E-state index contributed by atoms with van der Waals surface area (Å²) < 4.78 is 6.52. The van der Waals surface area contributed by atoms with Gasteiger partial charge in [0.25, 0.3) is 11.1 Å². The first kappa shape index (κ1) is 22.4. The molecule has 0 aliphatic heterocycles. The van der Waals surface area contributed by atoms with Crippen LogP contribution in [-0.2, 0) is 17.8 Å². The highest BCUT2D eigenvalue weighted by Gasteiger charge is 2.20. The number of para-hydroxylation sites is 1. The van der Waals surface area contributed by atoms with Gasteiger partial charge in [-0.2, -0.15) is 0 Å². The molecule has 0 spiro atoms. The maximum absolute atomic E-state index is 12.8. The van der Waals surface area contributed by atoms with Crippen LogP contribution in [0.1, 0.15) is 25.8 Å². The van der Waals surface area contributed by atoms with Gasteiger partial charge in [0, 0.05) is 44.4 Å². The van der Waals surface area contributed by atoms with Crippen LogP contribution in [0.25, 0.3) is 10.9 Å². The van der Waals surface area contributed by atoms with Crippen LogP contribution >= 0.6 is 0 Å². The summed E-state index contributed by atoms with van der Waals surface area (Å²) in [5.41, 5.74) is 6.38. The van der Waals surface area contributed by atoms with Crippen LogP contribution in [-0.4, -0.2) is 34.8 Å². The van der Waals surface area contributed by atoms with E-state index in [0.717, 1.165) is 10.9 Å². The van der Waals surface area contributed by atoms with Crippen LogP contribution < -0.4 is 27.4 Å². The predicted molar refractivity (Wildman–Crippen MR) is 123 cm³/mol. The SMILES string of the molecule is COCCCN(Cc1cc2ccccc2[nH]c1=O)c1c(N)n(CC(C)C)c(=O)[nH]c1=O. The number of nitrogens with zero attached hydrogens (tertiary/aromatic N) is 2. The molecule has 3 aromatic rings. The fourth-order valence-corrected chi connectivity index (χ4v) is 3.61. The molecule has 2 heterocycles. The quantitative estimate of drug-likeness (QED) is 0.446. The number of nitrogens with one attached hydrogen (secondary N) is 2. The minimum Gasteiger partial charge on any atom is -0.385 e. The average Bonchev–Trinajstić information content (AvgIpc) is 2.71. The number of benzene rings is 1. The highest BCUT2D eigenvalue weighted by atomic mass is 16.5. The summed E-state index contributed by atoms with van der Waals surface area (Å²) in [5, 5.41) is 0.889. The number of hydrogen-bond donors (Lipinski definition) is 3. The van der Waals surface area contributed by atoms with Gasteiger partial charge in [-0.3, -0.25) is 19.1 Å². The van der Waals surface area contributed by atoms with Crippen molar-refractivity contribution in [3.63, 3.8) is 0 Å². The smallest absolute Gasteiger partial charge is 0.330 e. The molecule has 0 aliphatic rings. The Morgan fingerprint density at radius 1 is 1.13 bits per heavy atom. The van der Waals surface area contributed by atoms with Crippen molar-refractivity contribution in [2.24, 2.45) is 5.92 Å². The molecule has 0 saturated carbocycles. The molecule has 0 bridgehead atoms. The summed E-state index contributed by atoms with van der Waals surface area (Å²) in [7, 11) is 1.60. The maximum atomic E-state index is 12.8. The minimum absolute atomic E-state index is 0.0945. The third-order valence-corrected chi connectivity index (χ3v) is 5.05. The van der Waals surface area contributed by atoms with Gasteiger partial charge in [-0.1, -0.05) is 32.0 Å². The average molecular weight is 428 g/mol. The molecule has 0 fully saturated rings. The zero-order chi connectivity index (χ0) is 22.5. The van der Waals surface area contributed by atoms with E-state index in [9.17, 15) is 14.4 Å². The molecule has 2 aromatic heterocycles. The summed E-state index contributed by atoms with van der Waals surface area (Å²) in [4.78, 5) is 44.7. The van der Waals surface area contributed by atoms with Crippen LogP contribution in [0.5, 0.6) is 0 Å². The van der Waals surface area contributed by atoms with Crippen molar-refractivity contribution in [3.05, 3.63) is 67.1 Å². The van der Waals surface area contributed by atoms with Gasteiger partial charge < -0.3 is 20.4 Å². The van der Waals surface area contributed by atoms with Crippen LogP contribution in [0.4, 0.5) is 11.5 Å². The first-order valence-electron chi connectivity index (χ1n) is 10.3. The Balaban J connectivity index is 2.08. The van der Waals surface area contributed by atoms with E-state index in [2.05, 4.69) is 9.97 Å². The number of aromatic nitrogens is 3. The summed E-state index contributed by atoms with van der Waals surface area (Å²) in [6, 6.07) is 9.31. The number of anilines is 2. The number of rotatable bonds is 9. The van der Waals surface area contributed by atoms with Crippen LogP contribution in [0.3, 0.4) is 0 Å². The number of methoxy groups -OCH3 is 1. The molecule has 9 nitrogen and oxygen atoms in total. The predicted octanol–water partition coefficient (Wildman–Crippen LogP) is 1.66. The standard InChI is InChI=1S/C22H29N5O4/c1-14(2)12-27-19(23)18(21(29)25-22(27)30)26(9-6-10-31-3)13-16-11-15-7-4-5-8-17(15)24-20(16)28/h4-5,7-8,11,14H,6,9-10,12-13,23H2,1-3H3,(H,24,28)(H,25,29,30). The van der Waals surface area contributed by atoms with E-state index >= 15 is 0 Å². The number of fused-ring (bicyclic) bond motifs is 1. The molecule has 1 aromatic carbocycles. The highest BCUT2D eigenvalue weighted by Crippen LogP contribution is 2.20. The third kappa shape index (κ3) is 5.05. The van der Waals surface area contributed by atoms with E-state index in [1.807, 2.05) is 44.2 Å². The molecule has 166 valence electrons. The number of hydrogen-bond acceptors (Lipinski definition) is 6. The molecule has 31 heavy (non-hydrogen) atoms. The molecule has 0 aliphatic carbocycles. The van der Waals surface area contributed by atoms with Crippen molar-refractivity contribution in [2.75, 3.05) is 30.9 Å². The van der Waals surface area contributed by atoms with Crippen molar-refractivity contribution >= 4 is 22.4 Å². The Morgan fingerprint density at radius 2 is 1.87 bits per heavy atom. The van der Waals surface area contributed by atoms with E-state index in [0.29, 0.717) is 31.7 Å². The van der Waals surface area contributed by atoms with E-state index < -0.39 is 11.2 Å². The number of pyridine rings is 1. The Morgan fingerprint density at radius 3 is 2.58 bits per heavy atom. The summed E-state index contributed by atoms with van der Waals surface area (Å²) in [6.07, 6.45) is 0.615. The topological polar surface area (TPSA) is 126 Å². The van der Waals surface area contributed by atoms with Gasteiger partial charge in [-0.15, -0.1) is 0 Å². The van der Waals surface area contributed by atoms with Crippen molar-refractivity contribution < 1.29 is 4.74 Å². The first-order valence-corrected chi connectivity index (χ1v) is 10.3. The summed E-state index contributed by atoms with van der Waals surface area (Å²) in [5.74, 6) is 0.251. The summed E-state index contributed by atoms with van der Waals surface area (Å²) >= 11 is 0. The van der Waals surface area contributed by atoms with Gasteiger partial charge >= 0.3 is 5.69 Å².